The molecule has 3 heterocycles. The van der Waals surface area contributed by atoms with Crippen LogP contribution in [0.4, 0.5) is 0 Å². The summed E-state index contributed by atoms with van der Waals surface area (Å²) in [7, 11) is -3.13. The van der Waals surface area contributed by atoms with Gasteiger partial charge in [0.15, 0.2) is 15.7 Å². The fourth-order valence-corrected chi connectivity index (χ4v) is 3.97. The van der Waals surface area contributed by atoms with E-state index >= 15 is 0 Å². The number of thiophene rings is 1. The van der Waals surface area contributed by atoms with Gasteiger partial charge >= 0.3 is 0 Å². The van der Waals surface area contributed by atoms with Gasteiger partial charge in [-0.05, 0) is 41.8 Å². The fourth-order valence-electron chi connectivity index (χ4n) is 2.68. The summed E-state index contributed by atoms with van der Waals surface area (Å²) < 4.78 is 27.6. The van der Waals surface area contributed by atoms with Crippen molar-refractivity contribution in [2.45, 2.75) is 31.2 Å². The van der Waals surface area contributed by atoms with Gasteiger partial charge in [0.2, 0.25) is 5.89 Å². The zero-order chi connectivity index (χ0) is 14.9. The van der Waals surface area contributed by atoms with E-state index in [2.05, 4.69) is 31.9 Å². The molecule has 1 fully saturated rings. The minimum Gasteiger partial charge on any atom is -0.338 e. The molecule has 1 atom stereocenters. The monoisotopic (exact) mass is 327 g/mol. The van der Waals surface area contributed by atoms with E-state index in [4.69, 9.17) is 4.52 Å². The summed E-state index contributed by atoms with van der Waals surface area (Å²) in [5, 5.41) is 8.00. The predicted molar refractivity (Wildman–Crippen MR) is 79.5 cm³/mol. The lowest BCUT2D eigenvalue weighted by Crippen LogP contribution is -2.22. The SMILES string of the molecule is CS(=O)(=O)Cc1noc(CN2CCCC2c2ccsc2)n1. The molecule has 114 valence electrons. The second kappa shape index (κ2) is 5.86. The molecular formula is C13H17N3O3S2. The van der Waals surface area contributed by atoms with Gasteiger partial charge in [0, 0.05) is 12.3 Å². The van der Waals surface area contributed by atoms with Crippen LogP contribution in [0.25, 0.3) is 0 Å². The van der Waals surface area contributed by atoms with Crippen LogP contribution >= 0.6 is 11.3 Å². The predicted octanol–water partition coefficient (Wildman–Crippen LogP) is 2.01. The molecule has 0 amide bonds. The molecule has 2 aromatic heterocycles. The second-order valence-corrected chi connectivity index (χ2v) is 8.28. The van der Waals surface area contributed by atoms with Crippen LogP contribution in [0.5, 0.6) is 0 Å². The average Bonchev–Trinajstić information content (AvgIpc) is 3.08. The number of hydrogen-bond acceptors (Lipinski definition) is 7. The lowest BCUT2D eigenvalue weighted by atomic mass is 10.1. The van der Waals surface area contributed by atoms with E-state index in [0.717, 1.165) is 25.6 Å². The molecule has 0 N–H and O–H groups in total. The Kier molecular flexibility index (Phi) is 4.10. The molecule has 0 aromatic carbocycles. The van der Waals surface area contributed by atoms with Crippen LogP contribution in [0.3, 0.4) is 0 Å². The second-order valence-electron chi connectivity index (χ2n) is 5.36. The molecule has 1 aliphatic heterocycles. The zero-order valence-electron chi connectivity index (χ0n) is 11.7. The third kappa shape index (κ3) is 3.69. The van der Waals surface area contributed by atoms with E-state index in [1.807, 2.05) is 0 Å². The molecule has 2 aromatic rings. The molecular weight excluding hydrogens is 310 g/mol. The first kappa shape index (κ1) is 14.7. The highest BCUT2D eigenvalue weighted by atomic mass is 32.2. The Bertz CT molecular complexity index is 694. The van der Waals surface area contributed by atoms with Crippen LogP contribution in [-0.2, 0) is 22.1 Å². The maximum absolute atomic E-state index is 11.2. The lowest BCUT2D eigenvalue weighted by Gasteiger charge is -2.21. The molecule has 8 heteroatoms. The molecule has 0 spiro atoms. The average molecular weight is 327 g/mol. The minimum absolute atomic E-state index is 0.176. The van der Waals surface area contributed by atoms with Gasteiger partial charge in [0.25, 0.3) is 0 Å². The van der Waals surface area contributed by atoms with Gasteiger partial charge in [0.05, 0.1) is 6.54 Å². The van der Waals surface area contributed by atoms with Crippen molar-refractivity contribution < 1.29 is 12.9 Å². The van der Waals surface area contributed by atoms with Gasteiger partial charge in [-0.25, -0.2) is 8.42 Å². The highest BCUT2D eigenvalue weighted by Crippen LogP contribution is 2.33. The number of nitrogens with zero attached hydrogens (tertiary/aromatic N) is 3. The Morgan fingerprint density at radius 1 is 1.52 bits per heavy atom. The molecule has 3 rings (SSSR count). The van der Waals surface area contributed by atoms with E-state index in [1.54, 1.807) is 11.3 Å². The first-order valence-corrected chi connectivity index (χ1v) is 9.77. The number of likely N-dealkylation sites (tertiary alicyclic amines) is 1. The molecule has 0 bridgehead atoms. The van der Waals surface area contributed by atoms with Crippen LogP contribution in [0, 0.1) is 0 Å². The zero-order valence-corrected chi connectivity index (χ0v) is 13.4. The summed E-state index contributed by atoms with van der Waals surface area (Å²) in [4.78, 5) is 6.48. The van der Waals surface area contributed by atoms with E-state index in [-0.39, 0.29) is 11.6 Å². The third-order valence-corrected chi connectivity index (χ3v) is 5.02. The Hall–Kier alpha value is -1.25. The van der Waals surface area contributed by atoms with Crippen molar-refractivity contribution >= 4 is 21.2 Å². The summed E-state index contributed by atoms with van der Waals surface area (Å²) in [5.74, 6) is 0.541. The van der Waals surface area contributed by atoms with Crippen molar-refractivity contribution in [2.75, 3.05) is 12.8 Å². The fraction of sp³-hybridized carbons (Fsp3) is 0.538. The van der Waals surface area contributed by atoms with Gasteiger partial charge in [0.1, 0.15) is 5.75 Å². The number of rotatable bonds is 5. The Labute approximate surface area is 127 Å². The summed E-state index contributed by atoms with van der Waals surface area (Å²) >= 11 is 1.70. The van der Waals surface area contributed by atoms with Crippen LogP contribution in [0.15, 0.2) is 21.3 Å². The lowest BCUT2D eigenvalue weighted by molar-refractivity contribution is 0.212. The van der Waals surface area contributed by atoms with Crippen LogP contribution in [0.1, 0.15) is 36.2 Å². The van der Waals surface area contributed by atoms with E-state index in [1.165, 1.54) is 5.56 Å². The molecule has 0 aliphatic carbocycles. The Balaban J connectivity index is 1.69. The van der Waals surface area contributed by atoms with Crippen LogP contribution in [0.2, 0.25) is 0 Å². The van der Waals surface area contributed by atoms with Crippen molar-refractivity contribution in [3.05, 3.63) is 34.1 Å². The summed E-state index contributed by atoms with van der Waals surface area (Å²) in [6.45, 7) is 1.56. The molecule has 21 heavy (non-hydrogen) atoms. The molecule has 1 aliphatic rings. The van der Waals surface area contributed by atoms with Crippen molar-refractivity contribution in [1.82, 2.24) is 15.0 Å². The first-order chi connectivity index (χ1) is 10.0. The highest BCUT2D eigenvalue weighted by molar-refractivity contribution is 7.89. The summed E-state index contributed by atoms with van der Waals surface area (Å²) in [6.07, 6.45) is 3.43. The summed E-state index contributed by atoms with van der Waals surface area (Å²) in [6, 6.07) is 2.54. The third-order valence-electron chi connectivity index (χ3n) is 3.53. The van der Waals surface area contributed by atoms with Crippen LogP contribution < -0.4 is 0 Å². The quantitative estimate of drug-likeness (QED) is 0.836. The maximum Gasteiger partial charge on any atom is 0.240 e. The highest BCUT2D eigenvalue weighted by Gasteiger charge is 2.27. The molecule has 0 saturated carbocycles. The van der Waals surface area contributed by atoms with Crippen LogP contribution in [-0.4, -0.2) is 36.3 Å². The van der Waals surface area contributed by atoms with Gasteiger partial charge in [-0.15, -0.1) is 0 Å². The number of sulfone groups is 1. The number of aromatic nitrogens is 2. The topological polar surface area (TPSA) is 76.3 Å². The molecule has 1 unspecified atom stereocenters. The van der Waals surface area contributed by atoms with Gasteiger partial charge < -0.3 is 4.52 Å². The van der Waals surface area contributed by atoms with Crippen molar-refractivity contribution in [3.63, 3.8) is 0 Å². The van der Waals surface area contributed by atoms with E-state index in [0.29, 0.717) is 18.5 Å². The van der Waals surface area contributed by atoms with Crippen molar-refractivity contribution in [2.24, 2.45) is 0 Å². The molecule has 6 nitrogen and oxygen atoms in total. The largest absolute Gasteiger partial charge is 0.338 e. The Morgan fingerprint density at radius 3 is 3.10 bits per heavy atom. The Morgan fingerprint density at radius 2 is 2.38 bits per heavy atom. The maximum atomic E-state index is 11.2. The van der Waals surface area contributed by atoms with E-state index < -0.39 is 9.84 Å². The van der Waals surface area contributed by atoms with Gasteiger partial charge in [-0.1, -0.05) is 5.16 Å². The minimum atomic E-state index is -3.13. The van der Waals surface area contributed by atoms with Crippen molar-refractivity contribution in [1.29, 1.82) is 0 Å². The number of hydrogen-bond donors (Lipinski definition) is 0. The molecule has 1 saturated heterocycles. The normalized spacial score (nSPS) is 20.1. The summed E-state index contributed by atoms with van der Waals surface area (Å²) in [5.41, 5.74) is 1.33. The standard InChI is InChI=1S/C13H17N3O3S2/c1-21(17,18)9-12-14-13(19-15-12)7-16-5-2-3-11(16)10-4-6-20-8-10/h4,6,8,11H,2-3,5,7,9H2,1H3. The van der Waals surface area contributed by atoms with Gasteiger partial charge in [-0.2, -0.15) is 16.3 Å². The first-order valence-electron chi connectivity index (χ1n) is 6.76. The smallest absolute Gasteiger partial charge is 0.240 e. The molecule has 0 radical (unpaired) electrons. The van der Waals surface area contributed by atoms with E-state index in [9.17, 15) is 8.42 Å². The van der Waals surface area contributed by atoms with Gasteiger partial charge in [-0.3, -0.25) is 4.90 Å². The van der Waals surface area contributed by atoms with Crippen molar-refractivity contribution in [3.8, 4) is 0 Å².